The number of nitrogens with one attached hydrogen (secondary N) is 1. The molecule has 0 aromatic heterocycles. The molecule has 1 aromatic rings. The van der Waals surface area contributed by atoms with Gasteiger partial charge in [0.15, 0.2) is 0 Å². The van der Waals surface area contributed by atoms with Crippen LogP contribution in [0.4, 0.5) is 19.3 Å². The van der Waals surface area contributed by atoms with E-state index in [1.54, 1.807) is 6.08 Å². The maximum absolute atomic E-state index is 13.4. The second-order valence-corrected chi connectivity index (χ2v) is 6.64. The number of methoxy groups -OCH3 is 1. The molecule has 0 unspecified atom stereocenters. The van der Waals surface area contributed by atoms with Crippen LogP contribution in [0.15, 0.2) is 29.8 Å². The molecule has 1 saturated heterocycles. The number of hydrogen-bond donors (Lipinski definition) is 1. The lowest BCUT2D eigenvalue weighted by molar-refractivity contribution is -0.137. The number of carbonyl (C=O) groups excluding carboxylic acids is 3. The highest BCUT2D eigenvalue weighted by atomic mass is 19.1. The van der Waals surface area contributed by atoms with Gasteiger partial charge in [0, 0.05) is 17.7 Å². The number of rotatable bonds is 4. The fraction of sp³-hybridized carbons (Fsp3) is 0.389. The van der Waals surface area contributed by atoms with Crippen LogP contribution in [0.1, 0.15) is 19.8 Å². The molecule has 0 bridgehead atoms. The minimum absolute atomic E-state index is 0.0375. The third-order valence-electron chi connectivity index (χ3n) is 4.53. The van der Waals surface area contributed by atoms with E-state index < -0.39 is 35.2 Å². The van der Waals surface area contributed by atoms with Crippen LogP contribution in [0, 0.1) is 11.6 Å². The summed E-state index contributed by atoms with van der Waals surface area (Å²) in [5, 5.41) is 2.73. The lowest BCUT2D eigenvalue weighted by atomic mass is 10.0. The first-order valence-corrected chi connectivity index (χ1v) is 8.27. The number of halogens is 2. The lowest BCUT2D eigenvalue weighted by Crippen LogP contribution is -2.50. The third kappa shape index (κ3) is 3.76. The third-order valence-corrected chi connectivity index (χ3v) is 4.53. The predicted molar refractivity (Wildman–Crippen MR) is 89.9 cm³/mol. The van der Waals surface area contributed by atoms with Crippen molar-refractivity contribution >= 4 is 23.7 Å². The maximum Gasteiger partial charge on any atom is 0.415 e. The molecule has 0 saturated carbocycles. The Morgan fingerprint density at radius 3 is 2.59 bits per heavy atom. The van der Waals surface area contributed by atoms with Crippen LogP contribution in [0.5, 0.6) is 0 Å². The maximum atomic E-state index is 13.4. The van der Waals surface area contributed by atoms with Crippen molar-refractivity contribution in [2.45, 2.75) is 31.4 Å². The number of ether oxygens (including phenoxy) is 2. The summed E-state index contributed by atoms with van der Waals surface area (Å²) in [7, 11) is 1.28. The van der Waals surface area contributed by atoms with Crippen LogP contribution < -0.4 is 10.2 Å². The van der Waals surface area contributed by atoms with Crippen molar-refractivity contribution in [3.05, 3.63) is 41.5 Å². The molecule has 1 fully saturated rings. The van der Waals surface area contributed by atoms with Crippen LogP contribution in [-0.2, 0) is 19.1 Å². The fourth-order valence-electron chi connectivity index (χ4n) is 3.12. The average molecular weight is 380 g/mol. The molecule has 3 rings (SSSR count). The summed E-state index contributed by atoms with van der Waals surface area (Å²) in [6.07, 6.45) is 1.56. The summed E-state index contributed by atoms with van der Waals surface area (Å²) >= 11 is 0. The Kier molecular flexibility index (Phi) is 4.86. The number of hydrogen-bond acceptors (Lipinski definition) is 5. The van der Waals surface area contributed by atoms with Gasteiger partial charge in [0.25, 0.3) is 5.91 Å². The van der Waals surface area contributed by atoms with Gasteiger partial charge in [-0.25, -0.2) is 18.4 Å². The Balaban J connectivity index is 1.67. The number of amides is 2. The molecular weight excluding hydrogens is 362 g/mol. The zero-order valence-electron chi connectivity index (χ0n) is 14.8. The Morgan fingerprint density at radius 2 is 1.96 bits per heavy atom. The molecule has 1 aromatic carbocycles. The smallest absolute Gasteiger partial charge is 0.415 e. The van der Waals surface area contributed by atoms with Crippen LogP contribution in [-0.4, -0.2) is 43.3 Å². The van der Waals surface area contributed by atoms with Crippen LogP contribution in [0.2, 0.25) is 0 Å². The van der Waals surface area contributed by atoms with Gasteiger partial charge in [-0.15, -0.1) is 0 Å². The molecule has 27 heavy (non-hydrogen) atoms. The number of nitrogens with zero attached hydrogens (tertiary/aromatic N) is 1. The minimum Gasteiger partial charge on any atom is -0.466 e. The van der Waals surface area contributed by atoms with Crippen molar-refractivity contribution in [3.63, 3.8) is 0 Å². The average Bonchev–Trinajstić information content (AvgIpc) is 3.18. The lowest BCUT2D eigenvalue weighted by Gasteiger charge is -2.23. The van der Waals surface area contributed by atoms with Crippen molar-refractivity contribution in [1.82, 2.24) is 5.32 Å². The van der Waals surface area contributed by atoms with Crippen molar-refractivity contribution in [1.29, 1.82) is 0 Å². The highest BCUT2D eigenvalue weighted by Crippen LogP contribution is 2.30. The second kappa shape index (κ2) is 6.98. The van der Waals surface area contributed by atoms with Crippen molar-refractivity contribution in [3.8, 4) is 0 Å². The van der Waals surface area contributed by atoms with E-state index in [9.17, 15) is 23.2 Å². The first-order valence-electron chi connectivity index (χ1n) is 8.27. The van der Waals surface area contributed by atoms with Crippen molar-refractivity contribution in [2.75, 3.05) is 18.6 Å². The van der Waals surface area contributed by atoms with Gasteiger partial charge < -0.3 is 14.8 Å². The molecule has 0 spiro atoms. The zero-order valence-corrected chi connectivity index (χ0v) is 14.8. The van der Waals surface area contributed by atoms with Gasteiger partial charge >= 0.3 is 12.1 Å². The standard InChI is InChI=1S/C18H18F2N2O5/c1-18(16(24)21-13-4-3-10(5-13)15(23)26-2)9-22(17(25)27-18)14-7-11(19)6-12(20)8-14/h3,6-8,13H,4-5,9H2,1-2H3,(H,21,24)/t13-,18-/m0/s1. The van der Waals surface area contributed by atoms with Gasteiger partial charge in [0.2, 0.25) is 5.60 Å². The molecule has 1 aliphatic carbocycles. The quantitative estimate of drug-likeness (QED) is 0.809. The number of esters is 1. The van der Waals surface area contributed by atoms with E-state index in [1.165, 1.54) is 14.0 Å². The van der Waals surface area contributed by atoms with Gasteiger partial charge in [0.1, 0.15) is 11.6 Å². The molecular formula is C18H18F2N2O5. The Morgan fingerprint density at radius 1 is 1.30 bits per heavy atom. The number of carbonyl (C=O) groups is 3. The summed E-state index contributed by atoms with van der Waals surface area (Å²) in [6, 6.07) is 2.32. The number of cyclic esters (lactones) is 1. The Hall–Kier alpha value is -2.97. The van der Waals surface area contributed by atoms with Crippen molar-refractivity contribution < 1.29 is 32.6 Å². The minimum atomic E-state index is -1.53. The number of anilines is 1. The predicted octanol–water partition coefficient (Wildman–Crippen LogP) is 2.06. The topological polar surface area (TPSA) is 84.9 Å². The van der Waals surface area contributed by atoms with Gasteiger partial charge in [-0.2, -0.15) is 0 Å². The van der Waals surface area contributed by atoms with E-state index in [-0.39, 0.29) is 18.3 Å². The van der Waals surface area contributed by atoms with E-state index in [0.29, 0.717) is 24.5 Å². The molecule has 1 aliphatic heterocycles. The zero-order chi connectivity index (χ0) is 19.8. The normalized spacial score (nSPS) is 24.4. The summed E-state index contributed by atoms with van der Waals surface area (Å²) in [6.45, 7) is 1.21. The van der Waals surface area contributed by atoms with Gasteiger partial charge in [0.05, 0.1) is 19.3 Å². The monoisotopic (exact) mass is 380 g/mol. The van der Waals surface area contributed by atoms with E-state index >= 15 is 0 Å². The largest absolute Gasteiger partial charge is 0.466 e. The molecule has 9 heteroatoms. The van der Waals surface area contributed by atoms with E-state index in [2.05, 4.69) is 10.1 Å². The summed E-state index contributed by atoms with van der Waals surface area (Å²) in [5.74, 6) is -2.70. The van der Waals surface area contributed by atoms with Gasteiger partial charge in [-0.05, 0) is 31.9 Å². The summed E-state index contributed by atoms with van der Waals surface area (Å²) < 4.78 is 36.7. The first kappa shape index (κ1) is 18.8. The highest BCUT2D eigenvalue weighted by molar-refractivity contribution is 5.98. The van der Waals surface area contributed by atoms with Crippen molar-refractivity contribution in [2.24, 2.45) is 0 Å². The SMILES string of the molecule is COC(=O)C1=CC[C@H](NC(=O)[C@]2(C)CN(c3cc(F)cc(F)c3)C(=O)O2)C1. The second-order valence-electron chi connectivity index (χ2n) is 6.64. The van der Waals surface area contributed by atoms with E-state index in [1.807, 2.05) is 0 Å². The molecule has 2 aliphatic rings. The molecule has 2 amide bonds. The van der Waals surface area contributed by atoms with Crippen LogP contribution in [0.3, 0.4) is 0 Å². The Labute approximate surface area is 153 Å². The fourth-order valence-corrected chi connectivity index (χ4v) is 3.12. The van der Waals surface area contributed by atoms with E-state index in [4.69, 9.17) is 4.74 Å². The van der Waals surface area contributed by atoms with Gasteiger partial charge in [-0.3, -0.25) is 9.69 Å². The van der Waals surface area contributed by atoms with E-state index in [0.717, 1.165) is 17.0 Å². The molecule has 7 nitrogen and oxygen atoms in total. The van der Waals surface area contributed by atoms with Gasteiger partial charge in [-0.1, -0.05) is 6.08 Å². The first-order chi connectivity index (χ1) is 12.7. The summed E-state index contributed by atoms with van der Waals surface area (Å²) in [5.41, 5.74) is -1.11. The van der Waals surface area contributed by atoms with Crippen LogP contribution in [0.25, 0.3) is 0 Å². The summed E-state index contributed by atoms with van der Waals surface area (Å²) in [4.78, 5) is 37.3. The molecule has 1 heterocycles. The molecule has 1 N–H and O–H groups in total. The Bertz CT molecular complexity index is 821. The molecule has 0 radical (unpaired) electrons. The number of benzene rings is 1. The molecule has 2 atom stereocenters. The molecule has 144 valence electrons. The van der Waals surface area contributed by atoms with Crippen LogP contribution >= 0.6 is 0 Å². The highest BCUT2D eigenvalue weighted by Gasteiger charge is 2.48.